The van der Waals surface area contributed by atoms with E-state index < -0.39 is 0 Å². The van der Waals surface area contributed by atoms with Crippen LogP contribution in [0.25, 0.3) is 0 Å². The van der Waals surface area contributed by atoms with E-state index in [9.17, 15) is 0 Å². The van der Waals surface area contributed by atoms with Crippen LogP contribution in [0.5, 0.6) is 0 Å². The van der Waals surface area contributed by atoms with Gasteiger partial charge in [-0.25, -0.2) is 0 Å². The number of nitrogens with one attached hydrogen (secondary N) is 1. The minimum atomic E-state index is 0.402. The zero-order chi connectivity index (χ0) is 10.4. The summed E-state index contributed by atoms with van der Waals surface area (Å²) in [6.07, 6.45) is 4.18. The molecule has 1 aromatic carbocycles. The molecule has 0 amide bonds. The predicted octanol–water partition coefficient (Wildman–Crippen LogP) is 3.68. The lowest BCUT2D eigenvalue weighted by molar-refractivity contribution is 0.617. The first-order valence-corrected chi connectivity index (χ1v) is 5.63. The van der Waals surface area contributed by atoms with Gasteiger partial charge in [0.2, 0.25) is 0 Å². The van der Waals surface area contributed by atoms with E-state index >= 15 is 0 Å². The molecule has 14 heavy (non-hydrogen) atoms. The van der Waals surface area contributed by atoms with E-state index in [1.54, 1.807) is 0 Å². The molecule has 1 nitrogen and oxygen atoms in total. The molecule has 0 fully saturated rings. The summed E-state index contributed by atoms with van der Waals surface area (Å²) in [6.45, 7) is 5.13. The van der Waals surface area contributed by atoms with Gasteiger partial charge in [-0.15, -0.1) is 0 Å². The second-order valence-corrected chi connectivity index (χ2v) is 4.17. The van der Waals surface area contributed by atoms with Crippen LogP contribution >= 0.6 is 15.9 Å². The van der Waals surface area contributed by atoms with Gasteiger partial charge in [-0.2, -0.15) is 0 Å². The van der Waals surface area contributed by atoms with Crippen LogP contribution in [0, 0.1) is 0 Å². The van der Waals surface area contributed by atoms with Gasteiger partial charge in [0, 0.05) is 17.1 Å². The zero-order valence-electron chi connectivity index (χ0n) is 8.63. The molecule has 0 saturated carbocycles. The summed E-state index contributed by atoms with van der Waals surface area (Å²) in [5.74, 6) is 0. The largest absolute Gasteiger partial charge is 0.307 e. The number of rotatable bonds is 4. The smallest absolute Gasteiger partial charge is 0.0294 e. The van der Waals surface area contributed by atoms with Crippen LogP contribution in [0.3, 0.4) is 0 Å². The van der Waals surface area contributed by atoms with E-state index in [0.29, 0.717) is 6.04 Å². The molecule has 0 aromatic heterocycles. The Morgan fingerprint density at radius 3 is 2.57 bits per heavy atom. The van der Waals surface area contributed by atoms with Gasteiger partial charge >= 0.3 is 0 Å². The zero-order valence-corrected chi connectivity index (χ0v) is 10.2. The van der Waals surface area contributed by atoms with Crippen LogP contribution in [-0.4, -0.2) is 6.54 Å². The van der Waals surface area contributed by atoms with Crippen molar-refractivity contribution in [3.05, 3.63) is 46.5 Å². The maximum atomic E-state index is 3.43. The van der Waals surface area contributed by atoms with Gasteiger partial charge in [0.25, 0.3) is 0 Å². The van der Waals surface area contributed by atoms with E-state index in [4.69, 9.17) is 0 Å². The average Bonchev–Trinajstić information content (AvgIpc) is 2.19. The van der Waals surface area contributed by atoms with Gasteiger partial charge in [-0.05, 0) is 31.5 Å². The molecule has 1 aromatic rings. The Bertz CT molecular complexity index is 290. The second kappa shape index (κ2) is 5.99. The number of hydrogen-bond donors (Lipinski definition) is 1. The van der Waals surface area contributed by atoms with Gasteiger partial charge < -0.3 is 5.32 Å². The van der Waals surface area contributed by atoms with Crippen LogP contribution < -0.4 is 5.32 Å². The van der Waals surface area contributed by atoms with Crippen molar-refractivity contribution in [2.24, 2.45) is 0 Å². The first-order chi connectivity index (χ1) is 6.74. The minimum absolute atomic E-state index is 0.402. The lowest BCUT2D eigenvalue weighted by Gasteiger charge is -2.12. The molecule has 0 radical (unpaired) electrons. The number of allylic oxidation sites excluding steroid dienone is 1. The summed E-state index contributed by atoms with van der Waals surface area (Å²) < 4.78 is 1.13. The maximum Gasteiger partial charge on any atom is 0.0294 e. The fourth-order valence-electron chi connectivity index (χ4n) is 1.23. The molecule has 1 atom stereocenters. The van der Waals surface area contributed by atoms with Crippen LogP contribution in [0.15, 0.2) is 40.9 Å². The molecule has 1 N–H and O–H groups in total. The van der Waals surface area contributed by atoms with E-state index in [1.165, 1.54) is 5.56 Å². The maximum absolute atomic E-state index is 3.43. The third-order valence-electron chi connectivity index (χ3n) is 2.15. The fraction of sp³-hybridized carbons (Fsp3) is 0.333. The van der Waals surface area contributed by atoms with Crippen LogP contribution in [0.1, 0.15) is 25.5 Å². The number of benzene rings is 1. The molecule has 0 spiro atoms. The van der Waals surface area contributed by atoms with Gasteiger partial charge in [-0.1, -0.05) is 40.2 Å². The van der Waals surface area contributed by atoms with Crippen molar-refractivity contribution in [1.29, 1.82) is 0 Å². The van der Waals surface area contributed by atoms with Crippen LogP contribution in [-0.2, 0) is 0 Å². The van der Waals surface area contributed by atoms with Crippen LogP contribution in [0.4, 0.5) is 0 Å². The Kier molecular flexibility index (Phi) is 4.91. The normalized spacial score (nSPS) is 13.4. The Hall–Kier alpha value is -0.600. The summed E-state index contributed by atoms with van der Waals surface area (Å²) in [4.78, 5) is 0. The predicted molar refractivity (Wildman–Crippen MR) is 65.4 cm³/mol. The third-order valence-corrected chi connectivity index (χ3v) is 2.68. The average molecular weight is 254 g/mol. The highest BCUT2D eigenvalue weighted by Gasteiger charge is 2.01. The van der Waals surface area contributed by atoms with Crippen LogP contribution in [0.2, 0.25) is 0 Å². The molecule has 0 unspecified atom stereocenters. The first kappa shape index (κ1) is 11.5. The molecule has 0 heterocycles. The molecule has 76 valence electrons. The van der Waals surface area contributed by atoms with Crippen molar-refractivity contribution in [3.8, 4) is 0 Å². The Morgan fingerprint density at radius 2 is 2.00 bits per heavy atom. The Labute approximate surface area is 94.3 Å². The fourth-order valence-corrected chi connectivity index (χ4v) is 1.50. The van der Waals surface area contributed by atoms with Gasteiger partial charge in [0.1, 0.15) is 0 Å². The highest BCUT2D eigenvalue weighted by molar-refractivity contribution is 9.10. The van der Waals surface area contributed by atoms with Gasteiger partial charge in [0.05, 0.1) is 0 Å². The molecule has 0 aliphatic carbocycles. The lowest BCUT2D eigenvalue weighted by atomic mass is 10.1. The summed E-state index contributed by atoms with van der Waals surface area (Å²) >= 11 is 3.43. The molecule has 0 saturated heterocycles. The summed E-state index contributed by atoms with van der Waals surface area (Å²) in [5.41, 5.74) is 1.32. The van der Waals surface area contributed by atoms with Crippen molar-refractivity contribution >= 4 is 15.9 Å². The third kappa shape index (κ3) is 3.64. The van der Waals surface area contributed by atoms with E-state index in [-0.39, 0.29) is 0 Å². The quantitative estimate of drug-likeness (QED) is 0.808. The molecule has 1 rings (SSSR count). The van der Waals surface area contributed by atoms with Crippen molar-refractivity contribution in [3.63, 3.8) is 0 Å². The Balaban J connectivity index is 2.51. The summed E-state index contributed by atoms with van der Waals surface area (Å²) in [6, 6.07) is 8.82. The van der Waals surface area contributed by atoms with Crippen molar-refractivity contribution in [1.82, 2.24) is 5.32 Å². The van der Waals surface area contributed by atoms with Gasteiger partial charge in [-0.3, -0.25) is 0 Å². The molecular formula is C12H16BrN. The molecule has 2 heteroatoms. The highest BCUT2D eigenvalue weighted by Crippen LogP contribution is 2.16. The number of hydrogen-bond acceptors (Lipinski definition) is 1. The van der Waals surface area contributed by atoms with E-state index in [1.807, 2.05) is 6.92 Å². The molecule has 0 aliphatic heterocycles. The molecule has 0 bridgehead atoms. The summed E-state index contributed by atoms with van der Waals surface area (Å²) in [5, 5.41) is 3.42. The standard InChI is InChI=1S/C12H16BrN/c1-3-4-9-14-10(2)11-5-7-12(13)8-6-11/h3-8,10,14H,9H2,1-2H3/b4-3+/t10-/m1/s1. The summed E-state index contributed by atoms with van der Waals surface area (Å²) in [7, 11) is 0. The van der Waals surface area contributed by atoms with Crippen molar-refractivity contribution < 1.29 is 0 Å². The van der Waals surface area contributed by atoms with Crippen molar-refractivity contribution in [2.45, 2.75) is 19.9 Å². The van der Waals surface area contributed by atoms with Crippen molar-refractivity contribution in [2.75, 3.05) is 6.54 Å². The first-order valence-electron chi connectivity index (χ1n) is 4.84. The SMILES string of the molecule is C/C=C/CN[C@H](C)c1ccc(Br)cc1. The lowest BCUT2D eigenvalue weighted by Crippen LogP contribution is -2.18. The van der Waals surface area contributed by atoms with Gasteiger partial charge in [0.15, 0.2) is 0 Å². The monoisotopic (exact) mass is 253 g/mol. The minimum Gasteiger partial charge on any atom is -0.307 e. The van der Waals surface area contributed by atoms with E-state index in [0.717, 1.165) is 11.0 Å². The molecular weight excluding hydrogens is 238 g/mol. The topological polar surface area (TPSA) is 12.0 Å². The highest BCUT2D eigenvalue weighted by atomic mass is 79.9. The Morgan fingerprint density at radius 1 is 1.36 bits per heavy atom. The second-order valence-electron chi connectivity index (χ2n) is 3.25. The number of halogens is 1. The molecule has 0 aliphatic rings. The van der Waals surface area contributed by atoms with E-state index in [2.05, 4.69) is 64.6 Å².